The molecule has 2 unspecified atom stereocenters. The van der Waals surface area contributed by atoms with Gasteiger partial charge in [-0.25, -0.2) is 13.6 Å². The third kappa shape index (κ3) is 16.3. The van der Waals surface area contributed by atoms with Crippen LogP contribution in [0.25, 0.3) is 11.1 Å². The second-order valence-electron chi connectivity index (χ2n) is 14.2. The average molecular weight is 920 g/mol. The van der Waals surface area contributed by atoms with E-state index in [1.54, 1.807) is 12.3 Å². The van der Waals surface area contributed by atoms with Crippen LogP contribution in [0.4, 0.5) is 22.0 Å². The van der Waals surface area contributed by atoms with Crippen molar-refractivity contribution in [2.24, 2.45) is 11.1 Å². The van der Waals surface area contributed by atoms with E-state index in [4.69, 9.17) is 15.6 Å². The summed E-state index contributed by atoms with van der Waals surface area (Å²) in [5, 5.41) is 24.7. The number of hydrogen-bond donors (Lipinski definition) is 6. The molecule has 1 aromatic heterocycles. The lowest BCUT2D eigenvalue weighted by molar-refractivity contribution is -0.192. The fourth-order valence-electron chi connectivity index (χ4n) is 5.72. The van der Waals surface area contributed by atoms with Gasteiger partial charge in [0, 0.05) is 55.6 Å². The number of rotatable bonds is 18. The predicted molar refractivity (Wildman–Crippen MR) is 211 cm³/mol. The molecule has 21 heteroatoms. The summed E-state index contributed by atoms with van der Waals surface area (Å²) >= 11 is 3.03. The Morgan fingerprint density at radius 3 is 2.12 bits per heavy atom. The van der Waals surface area contributed by atoms with Crippen LogP contribution in [0.15, 0.2) is 60.8 Å². The monoisotopic (exact) mass is 918 g/mol. The van der Waals surface area contributed by atoms with Crippen LogP contribution in [0.5, 0.6) is 0 Å². The zero-order chi connectivity index (χ0) is 45.4. The lowest BCUT2D eigenvalue weighted by Gasteiger charge is -2.41. The number of alkyl halides is 4. The van der Waals surface area contributed by atoms with E-state index in [2.05, 4.69) is 36.6 Å². The number of halogens is 6. The number of aromatic nitrogens is 1. The normalized spacial score (nSPS) is 12.8. The fraction of sp³-hybridized carbons (Fsp3) is 0.436. The molecule has 0 fully saturated rings. The van der Waals surface area contributed by atoms with Crippen molar-refractivity contribution in [3.8, 4) is 11.1 Å². The number of aliphatic hydroxyl groups excluding tert-OH is 1. The maximum atomic E-state index is 15.0. The quantitative estimate of drug-likeness (QED) is 0.0473. The number of benzene rings is 2. The number of aliphatic carboxylic acids is 1. The van der Waals surface area contributed by atoms with Gasteiger partial charge < -0.3 is 46.1 Å². The van der Waals surface area contributed by atoms with Crippen molar-refractivity contribution in [2.75, 3.05) is 39.9 Å². The van der Waals surface area contributed by atoms with Crippen molar-refractivity contribution in [2.45, 2.75) is 63.2 Å². The number of esters is 1. The first-order chi connectivity index (χ1) is 28.0. The molecule has 3 rings (SSSR count). The summed E-state index contributed by atoms with van der Waals surface area (Å²) in [5.41, 5.74) is 7.54. The fourth-order valence-corrected chi connectivity index (χ4v) is 6.20. The molecule has 0 bridgehead atoms. The number of carbonyl (C=O) groups excluding carboxylic acids is 5. The Labute approximate surface area is 350 Å². The topological polar surface area (TPSA) is 222 Å². The Balaban J connectivity index is 0.00000162. The SMILES string of the molecule is COC(=O)C(Br)CC(=O)NCC(=O)NCCNC(=O)[C@@H](N)CCN(C(=O)CO)C(c1cc(-c2cc(F)ccc2F)cn1Cc1ccccc1)C(C)(C)C.O=C(O)C(F)(F)F. The summed E-state index contributed by atoms with van der Waals surface area (Å²) in [6.07, 6.45) is -3.59. The molecule has 0 aliphatic rings. The highest BCUT2D eigenvalue weighted by atomic mass is 79.9. The van der Waals surface area contributed by atoms with Crippen molar-refractivity contribution < 1.29 is 65.7 Å². The number of aliphatic hydroxyl groups is 1. The van der Waals surface area contributed by atoms with Gasteiger partial charge in [0.1, 0.15) is 23.1 Å². The van der Waals surface area contributed by atoms with Gasteiger partial charge in [0.15, 0.2) is 0 Å². The lowest BCUT2D eigenvalue weighted by atomic mass is 9.82. The molecule has 330 valence electrons. The van der Waals surface area contributed by atoms with Gasteiger partial charge in [-0.15, -0.1) is 0 Å². The molecule has 0 spiro atoms. The zero-order valence-corrected chi connectivity index (χ0v) is 34.7. The van der Waals surface area contributed by atoms with E-state index in [0.29, 0.717) is 17.8 Å². The first-order valence-electron chi connectivity index (χ1n) is 18.2. The van der Waals surface area contributed by atoms with Crippen LogP contribution in [0.3, 0.4) is 0 Å². The average Bonchev–Trinajstić information content (AvgIpc) is 3.58. The molecule has 0 radical (unpaired) electrons. The van der Waals surface area contributed by atoms with E-state index in [1.165, 1.54) is 12.0 Å². The predicted octanol–water partition coefficient (Wildman–Crippen LogP) is 3.42. The minimum absolute atomic E-state index is 0.00740. The summed E-state index contributed by atoms with van der Waals surface area (Å²) in [7, 11) is 1.19. The van der Waals surface area contributed by atoms with Crippen LogP contribution in [0, 0.1) is 17.0 Å². The number of carbonyl (C=O) groups is 6. The summed E-state index contributed by atoms with van der Waals surface area (Å²) < 4.78 is 67.4. The Morgan fingerprint density at radius 2 is 1.55 bits per heavy atom. The minimum atomic E-state index is -5.08. The molecule has 0 aliphatic heterocycles. The number of carboxylic acids is 1. The van der Waals surface area contributed by atoms with Crippen molar-refractivity contribution in [1.29, 1.82) is 0 Å². The maximum absolute atomic E-state index is 15.0. The van der Waals surface area contributed by atoms with Crippen LogP contribution >= 0.6 is 15.9 Å². The van der Waals surface area contributed by atoms with Gasteiger partial charge in [-0.05, 0) is 41.7 Å². The molecule has 60 heavy (non-hydrogen) atoms. The van der Waals surface area contributed by atoms with Gasteiger partial charge >= 0.3 is 18.1 Å². The number of nitrogens with one attached hydrogen (secondary N) is 3. The summed E-state index contributed by atoms with van der Waals surface area (Å²) in [5.74, 6) is -6.82. The zero-order valence-electron chi connectivity index (χ0n) is 33.2. The van der Waals surface area contributed by atoms with E-state index in [1.807, 2.05) is 55.7 Å². The third-order valence-electron chi connectivity index (χ3n) is 8.51. The molecule has 0 saturated carbocycles. The molecule has 0 saturated heterocycles. The van der Waals surface area contributed by atoms with Crippen LogP contribution in [-0.4, -0.2) is 112 Å². The number of nitrogens with zero attached hydrogens (tertiary/aromatic N) is 2. The Kier molecular flexibility index (Phi) is 19.8. The van der Waals surface area contributed by atoms with Gasteiger partial charge in [-0.3, -0.25) is 24.0 Å². The molecule has 3 aromatic rings. The number of amides is 4. The number of nitrogens with two attached hydrogens (primary N) is 1. The second-order valence-corrected chi connectivity index (χ2v) is 15.3. The Bertz CT molecular complexity index is 1940. The number of methoxy groups -OCH3 is 1. The number of carboxylic acid groups (broad SMARTS) is 1. The Morgan fingerprint density at radius 1 is 0.933 bits per heavy atom. The molecule has 2 aromatic carbocycles. The molecule has 7 N–H and O–H groups in total. The van der Waals surface area contributed by atoms with Gasteiger partial charge in [-0.2, -0.15) is 13.2 Å². The van der Waals surface area contributed by atoms with Gasteiger partial charge in [0.2, 0.25) is 23.6 Å². The van der Waals surface area contributed by atoms with E-state index in [0.717, 1.165) is 23.8 Å². The van der Waals surface area contributed by atoms with Crippen molar-refractivity contribution in [3.63, 3.8) is 0 Å². The molecule has 4 amide bonds. The molecule has 3 atom stereocenters. The van der Waals surface area contributed by atoms with E-state index in [9.17, 15) is 51.0 Å². The van der Waals surface area contributed by atoms with Crippen LogP contribution in [0.1, 0.15) is 50.9 Å². The molecule has 15 nitrogen and oxygen atoms in total. The Hall–Kier alpha value is -5.41. The lowest BCUT2D eigenvalue weighted by Crippen LogP contribution is -2.48. The van der Waals surface area contributed by atoms with Crippen LogP contribution < -0.4 is 21.7 Å². The second kappa shape index (κ2) is 23.4. The van der Waals surface area contributed by atoms with Gasteiger partial charge in [-0.1, -0.05) is 67.0 Å². The molecule has 1 heterocycles. The first kappa shape index (κ1) is 50.7. The maximum Gasteiger partial charge on any atom is 0.490 e. The van der Waals surface area contributed by atoms with E-state index in [-0.39, 0.29) is 44.6 Å². The minimum Gasteiger partial charge on any atom is -0.475 e. The van der Waals surface area contributed by atoms with E-state index < -0.39 is 82.3 Å². The van der Waals surface area contributed by atoms with Crippen LogP contribution in [0.2, 0.25) is 0 Å². The highest BCUT2D eigenvalue weighted by Gasteiger charge is 2.39. The van der Waals surface area contributed by atoms with Gasteiger partial charge in [0.25, 0.3) is 0 Å². The number of ether oxygens (including phenoxy) is 1. The van der Waals surface area contributed by atoms with Crippen molar-refractivity contribution in [1.82, 2.24) is 25.4 Å². The smallest absolute Gasteiger partial charge is 0.475 e. The summed E-state index contributed by atoms with van der Waals surface area (Å²) in [4.78, 5) is 71.2. The number of hydrogen-bond acceptors (Lipinski definition) is 9. The molecule has 0 aliphatic carbocycles. The van der Waals surface area contributed by atoms with Crippen molar-refractivity contribution >= 4 is 51.5 Å². The van der Waals surface area contributed by atoms with E-state index >= 15 is 0 Å². The van der Waals surface area contributed by atoms with Crippen molar-refractivity contribution in [3.05, 3.63) is 83.7 Å². The standard InChI is InChI=1S/C37H47BrF2N6O7.C2HF3O2/c1-37(2,3)34(30-16-24(26-17-25(39)10-11-28(26)40)21-45(30)20-23-8-6-5-7-9-23)46(33(50)22-47)15-12-29(41)35(51)43-14-13-42-32(49)19-44-31(48)18-27(38)36(52)53-4;3-2(4,5)1(6)7/h5-11,16-17,21,27,29,34,47H,12-15,18-20,22,41H2,1-4H3,(H,42,49)(H,43,51)(H,44,48);(H,6,7)/t27?,29-,34?;/m0./s1. The highest BCUT2D eigenvalue weighted by molar-refractivity contribution is 9.10. The summed E-state index contributed by atoms with van der Waals surface area (Å²) in [6, 6.07) is 12.6. The van der Waals surface area contributed by atoms with Crippen LogP contribution in [-0.2, 0) is 40.0 Å². The first-order valence-corrected chi connectivity index (χ1v) is 19.1. The molecular weight excluding hydrogens is 871 g/mol. The highest BCUT2D eigenvalue weighted by Crippen LogP contribution is 2.41. The largest absolute Gasteiger partial charge is 0.490 e. The summed E-state index contributed by atoms with van der Waals surface area (Å²) in [6.45, 7) is 4.93. The van der Waals surface area contributed by atoms with Gasteiger partial charge in [0.05, 0.1) is 25.7 Å². The third-order valence-corrected chi connectivity index (χ3v) is 9.20. The molecular formula is C39H48BrF5N6O9.